The molecule has 210 valence electrons. The van der Waals surface area contributed by atoms with Crippen LogP contribution in [0.4, 0.5) is 0 Å². The van der Waals surface area contributed by atoms with Crippen molar-refractivity contribution in [3.63, 3.8) is 0 Å². The molecular weight excluding hydrogens is 560 g/mol. The van der Waals surface area contributed by atoms with Crippen molar-refractivity contribution >= 4 is 35.0 Å². The zero-order chi connectivity index (χ0) is 29.1. The second-order valence-electron chi connectivity index (χ2n) is 9.77. The van der Waals surface area contributed by atoms with E-state index in [4.69, 9.17) is 25.8 Å². The molecule has 0 aliphatic carbocycles. The number of carbonyl (C=O) groups excluding carboxylic acids is 1. The number of esters is 1. The molecule has 0 spiro atoms. The van der Waals surface area contributed by atoms with Gasteiger partial charge in [0.1, 0.15) is 6.61 Å². The zero-order valence-corrected chi connectivity index (χ0v) is 24.7. The molecule has 0 radical (unpaired) electrons. The maximum atomic E-state index is 13.9. The Morgan fingerprint density at radius 3 is 2.49 bits per heavy atom. The van der Waals surface area contributed by atoms with Crippen molar-refractivity contribution in [2.75, 3.05) is 7.11 Å². The fourth-order valence-corrected chi connectivity index (χ4v) is 5.77. The summed E-state index contributed by atoms with van der Waals surface area (Å²) in [6.07, 6.45) is 1.46. The standard InChI is InChI=1S/C32H29ClN2O5S/c1-19(2)40-31(37)28-20(3)34-32-35(29(28)23-11-13-24(33)14-12-23)30(36)27(41-32)17-22-10-15-25(26(16-22)38-4)39-18-21-8-6-5-7-9-21/h5-17,19,29H,18H2,1-4H3. The molecule has 1 aliphatic rings. The first kappa shape index (κ1) is 28.4. The molecule has 0 amide bonds. The topological polar surface area (TPSA) is 79.1 Å². The van der Waals surface area contributed by atoms with Gasteiger partial charge in [0.05, 0.1) is 35.1 Å². The van der Waals surface area contributed by atoms with Crippen LogP contribution in [0, 0.1) is 0 Å². The molecule has 5 rings (SSSR count). The minimum Gasteiger partial charge on any atom is -0.493 e. The lowest BCUT2D eigenvalue weighted by molar-refractivity contribution is -0.143. The number of allylic oxidation sites excluding steroid dienone is 1. The van der Waals surface area contributed by atoms with Crippen molar-refractivity contribution in [2.24, 2.45) is 4.99 Å². The van der Waals surface area contributed by atoms with Gasteiger partial charge in [-0.2, -0.15) is 0 Å². The number of halogens is 1. The Kier molecular flexibility index (Phi) is 8.42. The van der Waals surface area contributed by atoms with E-state index in [-0.39, 0.29) is 11.7 Å². The van der Waals surface area contributed by atoms with E-state index in [9.17, 15) is 9.59 Å². The first-order valence-electron chi connectivity index (χ1n) is 13.1. The highest BCUT2D eigenvalue weighted by molar-refractivity contribution is 7.07. The van der Waals surface area contributed by atoms with Crippen molar-refractivity contribution in [1.82, 2.24) is 4.57 Å². The highest BCUT2D eigenvalue weighted by Gasteiger charge is 2.33. The van der Waals surface area contributed by atoms with Crippen LogP contribution in [-0.4, -0.2) is 23.8 Å². The number of rotatable bonds is 8. The quantitative estimate of drug-likeness (QED) is 0.257. The van der Waals surface area contributed by atoms with Crippen LogP contribution < -0.4 is 24.4 Å². The average Bonchev–Trinajstić information content (AvgIpc) is 3.26. The molecular formula is C32H29ClN2O5S. The van der Waals surface area contributed by atoms with Crippen LogP contribution in [0.25, 0.3) is 6.08 Å². The molecule has 1 atom stereocenters. The van der Waals surface area contributed by atoms with Crippen molar-refractivity contribution in [2.45, 2.75) is 39.5 Å². The number of hydrogen-bond donors (Lipinski definition) is 0. The number of carbonyl (C=O) groups is 1. The molecule has 1 unspecified atom stereocenters. The maximum Gasteiger partial charge on any atom is 0.338 e. The predicted molar refractivity (Wildman–Crippen MR) is 160 cm³/mol. The third kappa shape index (κ3) is 6.14. The molecule has 0 N–H and O–H groups in total. The van der Waals surface area contributed by atoms with E-state index in [1.165, 1.54) is 11.3 Å². The summed E-state index contributed by atoms with van der Waals surface area (Å²) in [7, 11) is 1.58. The lowest BCUT2D eigenvalue weighted by Gasteiger charge is -2.25. The van der Waals surface area contributed by atoms with Gasteiger partial charge in [0.25, 0.3) is 5.56 Å². The summed E-state index contributed by atoms with van der Waals surface area (Å²) in [4.78, 5) is 32.2. The highest BCUT2D eigenvalue weighted by Crippen LogP contribution is 2.32. The van der Waals surface area contributed by atoms with Gasteiger partial charge < -0.3 is 14.2 Å². The predicted octanol–water partition coefficient (Wildman–Crippen LogP) is 5.43. The van der Waals surface area contributed by atoms with E-state index in [0.717, 1.165) is 16.7 Å². The Balaban J connectivity index is 1.55. The summed E-state index contributed by atoms with van der Waals surface area (Å²) in [5.41, 5.74) is 3.10. The Morgan fingerprint density at radius 1 is 1.07 bits per heavy atom. The molecule has 4 aromatic rings. The Hall–Kier alpha value is -4.14. The van der Waals surface area contributed by atoms with E-state index in [1.807, 2.05) is 60.7 Å². The molecule has 1 aromatic heterocycles. The number of methoxy groups -OCH3 is 1. The summed E-state index contributed by atoms with van der Waals surface area (Å²) < 4.78 is 19.1. The van der Waals surface area contributed by atoms with E-state index in [0.29, 0.717) is 43.7 Å². The largest absolute Gasteiger partial charge is 0.493 e. The van der Waals surface area contributed by atoms with Gasteiger partial charge in [-0.05, 0) is 67.8 Å². The van der Waals surface area contributed by atoms with Crippen LogP contribution in [0.5, 0.6) is 11.5 Å². The molecule has 2 heterocycles. The number of ether oxygens (including phenoxy) is 3. The Labute approximate surface area is 246 Å². The van der Waals surface area contributed by atoms with Gasteiger partial charge in [-0.25, -0.2) is 9.79 Å². The summed E-state index contributed by atoms with van der Waals surface area (Å²) >= 11 is 7.41. The van der Waals surface area contributed by atoms with Gasteiger partial charge in [0.2, 0.25) is 0 Å². The third-order valence-electron chi connectivity index (χ3n) is 6.49. The zero-order valence-electron chi connectivity index (χ0n) is 23.1. The molecule has 41 heavy (non-hydrogen) atoms. The molecule has 0 fully saturated rings. The maximum absolute atomic E-state index is 13.9. The van der Waals surface area contributed by atoms with Gasteiger partial charge >= 0.3 is 5.97 Å². The lowest BCUT2D eigenvalue weighted by atomic mass is 9.96. The van der Waals surface area contributed by atoms with E-state index in [1.54, 1.807) is 50.7 Å². The van der Waals surface area contributed by atoms with Crippen molar-refractivity contribution in [1.29, 1.82) is 0 Å². The first-order chi connectivity index (χ1) is 19.7. The lowest BCUT2D eigenvalue weighted by Crippen LogP contribution is -2.40. The fourth-order valence-electron chi connectivity index (χ4n) is 4.60. The fraction of sp³-hybridized carbons (Fsp3) is 0.219. The summed E-state index contributed by atoms with van der Waals surface area (Å²) in [5.74, 6) is 0.643. The molecule has 1 aliphatic heterocycles. The number of aromatic nitrogens is 1. The van der Waals surface area contributed by atoms with Gasteiger partial charge in [0.15, 0.2) is 16.3 Å². The second-order valence-corrected chi connectivity index (χ2v) is 11.2. The SMILES string of the molecule is COc1cc(C=c2sc3n(c2=O)C(c2ccc(Cl)cc2)C(C(=O)OC(C)C)=C(C)N=3)ccc1OCc1ccccc1. The van der Waals surface area contributed by atoms with Crippen LogP contribution in [0.15, 0.2) is 93.9 Å². The number of fused-ring (bicyclic) bond motifs is 1. The van der Waals surface area contributed by atoms with E-state index in [2.05, 4.69) is 4.99 Å². The molecule has 3 aromatic carbocycles. The first-order valence-corrected chi connectivity index (χ1v) is 14.3. The van der Waals surface area contributed by atoms with E-state index < -0.39 is 12.0 Å². The van der Waals surface area contributed by atoms with Crippen LogP contribution in [0.3, 0.4) is 0 Å². The number of nitrogens with zero attached hydrogens (tertiary/aromatic N) is 2. The van der Waals surface area contributed by atoms with Crippen LogP contribution >= 0.6 is 22.9 Å². The minimum absolute atomic E-state index is 0.264. The number of hydrogen-bond acceptors (Lipinski definition) is 7. The van der Waals surface area contributed by atoms with Crippen molar-refractivity contribution < 1.29 is 19.0 Å². The molecule has 0 bridgehead atoms. The minimum atomic E-state index is -0.708. The van der Waals surface area contributed by atoms with Crippen LogP contribution in [0.2, 0.25) is 5.02 Å². The van der Waals surface area contributed by atoms with Crippen molar-refractivity contribution in [3.05, 3.63) is 125 Å². The van der Waals surface area contributed by atoms with Gasteiger partial charge in [-0.15, -0.1) is 0 Å². The van der Waals surface area contributed by atoms with Crippen LogP contribution in [0.1, 0.15) is 43.5 Å². The average molecular weight is 589 g/mol. The van der Waals surface area contributed by atoms with E-state index >= 15 is 0 Å². The van der Waals surface area contributed by atoms with Crippen LogP contribution in [-0.2, 0) is 16.1 Å². The number of thiazole rings is 1. The molecule has 0 saturated heterocycles. The molecule has 7 nitrogen and oxygen atoms in total. The normalized spacial score (nSPS) is 15.0. The second kappa shape index (κ2) is 12.2. The van der Waals surface area contributed by atoms with Gasteiger partial charge in [0, 0.05) is 5.02 Å². The Bertz CT molecular complexity index is 1790. The summed E-state index contributed by atoms with van der Waals surface area (Å²) in [5, 5.41) is 0.554. The smallest absolute Gasteiger partial charge is 0.338 e. The van der Waals surface area contributed by atoms with Gasteiger partial charge in [-0.3, -0.25) is 9.36 Å². The van der Waals surface area contributed by atoms with Gasteiger partial charge in [-0.1, -0.05) is 71.5 Å². The highest BCUT2D eigenvalue weighted by atomic mass is 35.5. The molecule has 0 saturated carbocycles. The monoisotopic (exact) mass is 588 g/mol. The van der Waals surface area contributed by atoms with Crippen molar-refractivity contribution in [3.8, 4) is 11.5 Å². The Morgan fingerprint density at radius 2 is 1.80 bits per heavy atom. The summed E-state index contributed by atoms with van der Waals surface area (Å²) in [6, 6.07) is 21.8. The molecule has 9 heteroatoms. The third-order valence-corrected chi connectivity index (χ3v) is 7.73. The summed E-state index contributed by atoms with van der Waals surface area (Å²) in [6.45, 7) is 5.73. The number of benzene rings is 3.